The zero-order valence-corrected chi connectivity index (χ0v) is 19.1. The number of carbonyl (C=O) groups excluding carboxylic acids is 1. The molecule has 6 nitrogen and oxygen atoms in total. The number of hydrogen-bond acceptors (Lipinski definition) is 5. The summed E-state index contributed by atoms with van der Waals surface area (Å²) in [4.78, 5) is 19.8. The van der Waals surface area contributed by atoms with Crippen LogP contribution in [0.1, 0.15) is 34.2 Å². The highest BCUT2D eigenvalue weighted by Gasteiger charge is 2.23. The van der Waals surface area contributed by atoms with E-state index in [1.807, 2.05) is 83.8 Å². The maximum atomic E-state index is 13.6. The van der Waals surface area contributed by atoms with Crippen molar-refractivity contribution in [1.82, 2.24) is 15.0 Å². The van der Waals surface area contributed by atoms with Crippen molar-refractivity contribution >= 4 is 5.91 Å². The molecule has 3 aromatic carbocycles. The largest absolute Gasteiger partial charge is 0.496 e. The Morgan fingerprint density at radius 1 is 1.00 bits per heavy atom. The molecule has 0 saturated heterocycles. The number of aryl methyl sites for hydroxylation is 1. The zero-order chi connectivity index (χ0) is 23.2. The molecule has 0 aliphatic heterocycles. The molecule has 1 unspecified atom stereocenters. The lowest BCUT2D eigenvalue weighted by atomic mass is 10.0. The lowest BCUT2D eigenvalue weighted by Crippen LogP contribution is -2.39. The van der Waals surface area contributed by atoms with E-state index in [-0.39, 0.29) is 11.9 Å². The molecular weight excluding hydrogens is 414 g/mol. The minimum Gasteiger partial charge on any atom is -0.496 e. The van der Waals surface area contributed by atoms with Crippen LogP contribution >= 0.6 is 0 Å². The summed E-state index contributed by atoms with van der Waals surface area (Å²) >= 11 is 0. The summed E-state index contributed by atoms with van der Waals surface area (Å²) in [5.41, 5.74) is 3.54. The molecule has 6 heteroatoms. The second-order valence-electron chi connectivity index (χ2n) is 8.01. The third-order valence-electron chi connectivity index (χ3n) is 5.60. The van der Waals surface area contributed by atoms with Gasteiger partial charge in [0.2, 0.25) is 0 Å². The normalized spacial score (nSPS) is 11.7. The van der Waals surface area contributed by atoms with Gasteiger partial charge in [0, 0.05) is 23.7 Å². The van der Waals surface area contributed by atoms with Crippen LogP contribution in [-0.2, 0) is 13.0 Å². The topological polar surface area (TPSA) is 68.5 Å². The summed E-state index contributed by atoms with van der Waals surface area (Å²) in [5.74, 6) is 1.81. The molecule has 168 valence electrons. The van der Waals surface area contributed by atoms with E-state index in [0.29, 0.717) is 30.2 Å². The van der Waals surface area contributed by atoms with Crippen molar-refractivity contribution in [3.8, 4) is 17.2 Å². The van der Waals surface area contributed by atoms with Gasteiger partial charge in [0.05, 0.1) is 7.11 Å². The summed E-state index contributed by atoms with van der Waals surface area (Å²) in [7, 11) is 1.67. The number of methoxy groups -OCH3 is 1. The fraction of sp³-hybridized carbons (Fsp3) is 0.222. The van der Waals surface area contributed by atoms with Crippen LogP contribution in [0, 0.1) is 6.92 Å². The van der Waals surface area contributed by atoms with E-state index in [1.54, 1.807) is 14.0 Å². The Bertz CT molecular complexity index is 1200. The van der Waals surface area contributed by atoms with Crippen molar-refractivity contribution in [2.45, 2.75) is 32.9 Å². The summed E-state index contributed by atoms with van der Waals surface area (Å²) in [6.45, 7) is 4.36. The molecule has 0 bridgehead atoms. The van der Waals surface area contributed by atoms with Gasteiger partial charge in [-0.2, -0.15) is 4.98 Å². The molecule has 0 spiro atoms. The van der Waals surface area contributed by atoms with E-state index in [9.17, 15) is 4.79 Å². The Morgan fingerprint density at radius 2 is 1.70 bits per heavy atom. The predicted octanol–water partition coefficient (Wildman–Crippen LogP) is 5.33. The van der Waals surface area contributed by atoms with Crippen LogP contribution < -0.4 is 4.74 Å². The van der Waals surface area contributed by atoms with Gasteiger partial charge in [0.25, 0.3) is 11.8 Å². The molecule has 1 heterocycles. The number of benzene rings is 3. The highest BCUT2D eigenvalue weighted by molar-refractivity contribution is 5.94. The van der Waals surface area contributed by atoms with Crippen LogP contribution in [0.25, 0.3) is 11.5 Å². The molecule has 1 aromatic heterocycles. The van der Waals surface area contributed by atoms with Crippen LogP contribution in [-0.4, -0.2) is 34.1 Å². The number of carbonyl (C=O) groups is 1. The Hall–Kier alpha value is -3.93. The van der Waals surface area contributed by atoms with Crippen LogP contribution in [0.4, 0.5) is 0 Å². The molecule has 0 saturated carbocycles. The number of ether oxygens (including phenoxy) is 1. The van der Waals surface area contributed by atoms with Gasteiger partial charge in [0.15, 0.2) is 5.82 Å². The third-order valence-corrected chi connectivity index (χ3v) is 5.60. The number of hydrogen-bond donors (Lipinski definition) is 0. The predicted molar refractivity (Wildman–Crippen MR) is 127 cm³/mol. The van der Waals surface area contributed by atoms with Gasteiger partial charge in [-0.15, -0.1) is 0 Å². The Kier molecular flexibility index (Phi) is 6.83. The number of nitrogens with zero attached hydrogens (tertiary/aromatic N) is 3. The Labute approximate surface area is 193 Å². The molecule has 0 radical (unpaired) electrons. The van der Waals surface area contributed by atoms with Crippen LogP contribution in [0.5, 0.6) is 5.75 Å². The van der Waals surface area contributed by atoms with Gasteiger partial charge in [-0.3, -0.25) is 4.79 Å². The average molecular weight is 442 g/mol. The first-order chi connectivity index (χ1) is 16.0. The lowest BCUT2D eigenvalue weighted by Gasteiger charge is -2.30. The number of para-hydroxylation sites is 1. The maximum absolute atomic E-state index is 13.6. The molecule has 1 atom stereocenters. The van der Waals surface area contributed by atoms with E-state index < -0.39 is 0 Å². The quantitative estimate of drug-likeness (QED) is 0.370. The fourth-order valence-corrected chi connectivity index (χ4v) is 3.84. The van der Waals surface area contributed by atoms with Crippen molar-refractivity contribution in [2.24, 2.45) is 0 Å². The second-order valence-corrected chi connectivity index (χ2v) is 8.01. The summed E-state index contributed by atoms with van der Waals surface area (Å²) in [6, 6.07) is 25.2. The lowest BCUT2D eigenvalue weighted by molar-refractivity contribution is 0.0674. The summed E-state index contributed by atoms with van der Waals surface area (Å²) < 4.78 is 10.8. The molecule has 0 fully saturated rings. The number of rotatable bonds is 8. The van der Waals surface area contributed by atoms with Gasteiger partial charge < -0.3 is 14.2 Å². The highest BCUT2D eigenvalue weighted by Crippen LogP contribution is 2.24. The standard InChI is InChI=1S/C27H27N3O3/c1-19(17-24-11-7-8-12-25(24)32-3)30(18-21-9-5-4-6-10-21)27(31)23-15-13-22(14-16-23)26-28-20(2)29-33-26/h4-16,19H,17-18H2,1-3H3. The van der Waals surface area contributed by atoms with E-state index in [0.717, 1.165) is 22.4 Å². The molecule has 1 amide bonds. The molecule has 4 rings (SSSR count). The smallest absolute Gasteiger partial charge is 0.257 e. The highest BCUT2D eigenvalue weighted by atomic mass is 16.5. The minimum absolute atomic E-state index is 0.0329. The van der Waals surface area contributed by atoms with Crippen LogP contribution in [0.3, 0.4) is 0 Å². The number of aromatic nitrogens is 2. The average Bonchev–Trinajstić information content (AvgIpc) is 3.29. The zero-order valence-electron chi connectivity index (χ0n) is 19.1. The fourth-order valence-electron chi connectivity index (χ4n) is 3.84. The van der Waals surface area contributed by atoms with Crippen molar-refractivity contribution in [2.75, 3.05) is 7.11 Å². The van der Waals surface area contributed by atoms with Crippen molar-refractivity contribution in [3.05, 3.63) is 101 Å². The van der Waals surface area contributed by atoms with Crippen molar-refractivity contribution < 1.29 is 14.1 Å². The summed E-state index contributed by atoms with van der Waals surface area (Å²) in [5, 5.41) is 3.83. The van der Waals surface area contributed by atoms with Gasteiger partial charge in [-0.1, -0.05) is 53.7 Å². The van der Waals surface area contributed by atoms with Gasteiger partial charge in [-0.25, -0.2) is 0 Å². The van der Waals surface area contributed by atoms with E-state index in [4.69, 9.17) is 9.26 Å². The molecule has 33 heavy (non-hydrogen) atoms. The first-order valence-corrected chi connectivity index (χ1v) is 10.9. The minimum atomic E-state index is -0.0488. The van der Waals surface area contributed by atoms with Gasteiger partial charge in [0.1, 0.15) is 5.75 Å². The first kappa shape index (κ1) is 22.3. The first-order valence-electron chi connectivity index (χ1n) is 10.9. The molecule has 0 aliphatic carbocycles. The third kappa shape index (κ3) is 5.29. The monoisotopic (exact) mass is 441 g/mol. The van der Waals surface area contributed by atoms with Gasteiger partial charge in [-0.05, 0) is 61.7 Å². The van der Waals surface area contributed by atoms with Crippen molar-refractivity contribution in [3.63, 3.8) is 0 Å². The number of amides is 1. The van der Waals surface area contributed by atoms with E-state index in [2.05, 4.69) is 17.1 Å². The van der Waals surface area contributed by atoms with Crippen LogP contribution in [0.2, 0.25) is 0 Å². The van der Waals surface area contributed by atoms with Crippen LogP contribution in [0.15, 0.2) is 83.4 Å². The summed E-state index contributed by atoms with van der Waals surface area (Å²) in [6.07, 6.45) is 0.682. The maximum Gasteiger partial charge on any atom is 0.257 e. The second kappa shape index (κ2) is 10.1. The Balaban J connectivity index is 1.60. The van der Waals surface area contributed by atoms with E-state index >= 15 is 0 Å². The molecule has 4 aromatic rings. The van der Waals surface area contributed by atoms with E-state index in [1.165, 1.54) is 0 Å². The molecule has 0 N–H and O–H groups in total. The molecule has 0 aliphatic rings. The van der Waals surface area contributed by atoms with Gasteiger partial charge >= 0.3 is 0 Å². The SMILES string of the molecule is COc1ccccc1CC(C)N(Cc1ccccc1)C(=O)c1ccc(-c2nc(C)no2)cc1. The Morgan fingerprint density at radius 3 is 2.36 bits per heavy atom. The van der Waals surface area contributed by atoms with Crippen molar-refractivity contribution in [1.29, 1.82) is 0 Å². The molecular formula is C27H27N3O3.